The lowest BCUT2D eigenvalue weighted by atomic mass is 10.00. The molecule has 11 rings (SSSR count). The Hall–Kier alpha value is -7.56. The van der Waals surface area contributed by atoms with Gasteiger partial charge in [-0.1, -0.05) is 140 Å². The highest BCUT2D eigenvalue weighted by atomic mass is 15.0. The minimum absolute atomic E-state index is 0.721. The van der Waals surface area contributed by atoms with Crippen LogP contribution in [-0.4, -0.2) is 19.1 Å². The number of aromatic nitrogens is 4. The van der Waals surface area contributed by atoms with Crippen molar-refractivity contribution in [1.82, 2.24) is 19.1 Å². The van der Waals surface area contributed by atoms with E-state index < -0.39 is 0 Å². The van der Waals surface area contributed by atoms with Gasteiger partial charge in [-0.2, -0.15) is 0 Å². The number of fused-ring (bicyclic) bond motifs is 6. The van der Waals surface area contributed by atoms with E-state index in [2.05, 4.69) is 192 Å². The number of hydrogen-bond acceptors (Lipinski definition) is 2. The molecule has 0 atom stereocenters. The molecule has 57 heavy (non-hydrogen) atoms. The zero-order chi connectivity index (χ0) is 37.9. The number of para-hydroxylation sites is 3. The fourth-order valence-corrected chi connectivity index (χ4v) is 8.60. The molecule has 8 aromatic carbocycles. The fraction of sp³-hybridized carbons (Fsp3) is 0.0189. The SMILES string of the molecule is Cc1c(-c2ccccc2)nc(-c2ccccc2)nc1-c1ccc(-n2c3ccccc3c3cc(-c4ccc5c(c4)c4ccccc4n5-c4ccccc4)ccc32)cc1. The van der Waals surface area contributed by atoms with Crippen molar-refractivity contribution < 1.29 is 0 Å². The van der Waals surface area contributed by atoms with Gasteiger partial charge in [-0.05, 0) is 78.7 Å². The van der Waals surface area contributed by atoms with E-state index in [1.165, 1.54) is 60.4 Å². The highest BCUT2D eigenvalue weighted by Gasteiger charge is 2.18. The molecule has 0 amide bonds. The molecular formula is C53H36N4. The monoisotopic (exact) mass is 728 g/mol. The van der Waals surface area contributed by atoms with Crippen molar-refractivity contribution >= 4 is 43.6 Å². The molecule has 0 saturated carbocycles. The van der Waals surface area contributed by atoms with Gasteiger partial charge in [0.05, 0.1) is 33.5 Å². The molecule has 4 heteroatoms. The summed E-state index contributed by atoms with van der Waals surface area (Å²) in [6.07, 6.45) is 0. The van der Waals surface area contributed by atoms with Crippen LogP contribution in [0.1, 0.15) is 5.56 Å². The second-order valence-corrected chi connectivity index (χ2v) is 14.7. The van der Waals surface area contributed by atoms with E-state index in [9.17, 15) is 0 Å². The van der Waals surface area contributed by atoms with E-state index in [4.69, 9.17) is 9.97 Å². The zero-order valence-electron chi connectivity index (χ0n) is 31.3. The zero-order valence-corrected chi connectivity index (χ0v) is 31.3. The summed E-state index contributed by atoms with van der Waals surface area (Å²) in [5.74, 6) is 0.721. The molecule has 0 saturated heterocycles. The predicted molar refractivity (Wildman–Crippen MR) is 237 cm³/mol. The first-order chi connectivity index (χ1) is 28.2. The van der Waals surface area contributed by atoms with Crippen LogP contribution >= 0.6 is 0 Å². The van der Waals surface area contributed by atoms with Gasteiger partial charge in [-0.15, -0.1) is 0 Å². The second-order valence-electron chi connectivity index (χ2n) is 14.7. The Labute approximate surface area is 330 Å². The van der Waals surface area contributed by atoms with Crippen molar-refractivity contribution in [1.29, 1.82) is 0 Å². The Morgan fingerprint density at radius 1 is 0.316 bits per heavy atom. The summed E-state index contributed by atoms with van der Waals surface area (Å²) in [5.41, 5.74) is 15.5. The topological polar surface area (TPSA) is 35.6 Å². The first-order valence-corrected chi connectivity index (χ1v) is 19.4. The van der Waals surface area contributed by atoms with Crippen LogP contribution in [0.3, 0.4) is 0 Å². The van der Waals surface area contributed by atoms with E-state index in [1.807, 2.05) is 24.3 Å². The number of rotatable bonds is 6. The van der Waals surface area contributed by atoms with Crippen LogP contribution in [-0.2, 0) is 0 Å². The van der Waals surface area contributed by atoms with Crippen molar-refractivity contribution in [3.8, 4) is 56.4 Å². The van der Waals surface area contributed by atoms with Gasteiger partial charge in [0, 0.05) is 55.2 Å². The minimum atomic E-state index is 0.721. The highest BCUT2D eigenvalue weighted by molar-refractivity contribution is 6.12. The average molecular weight is 729 g/mol. The summed E-state index contributed by atoms with van der Waals surface area (Å²) < 4.78 is 4.75. The van der Waals surface area contributed by atoms with Gasteiger partial charge in [0.15, 0.2) is 5.82 Å². The van der Waals surface area contributed by atoms with Crippen molar-refractivity contribution in [3.63, 3.8) is 0 Å². The van der Waals surface area contributed by atoms with Gasteiger partial charge in [-0.3, -0.25) is 0 Å². The molecule has 3 aromatic heterocycles. The Balaban J connectivity index is 1.02. The molecule has 0 bridgehead atoms. The van der Waals surface area contributed by atoms with Gasteiger partial charge in [0.25, 0.3) is 0 Å². The third-order valence-electron chi connectivity index (χ3n) is 11.3. The molecule has 0 aliphatic carbocycles. The first-order valence-electron chi connectivity index (χ1n) is 19.4. The van der Waals surface area contributed by atoms with E-state index >= 15 is 0 Å². The molecule has 11 aromatic rings. The minimum Gasteiger partial charge on any atom is -0.309 e. The molecule has 0 radical (unpaired) electrons. The quantitative estimate of drug-likeness (QED) is 0.171. The first kappa shape index (κ1) is 32.8. The van der Waals surface area contributed by atoms with E-state index in [0.29, 0.717) is 0 Å². The fourth-order valence-electron chi connectivity index (χ4n) is 8.60. The van der Waals surface area contributed by atoms with Crippen molar-refractivity contribution in [2.45, 2.75) is 6.92 Å². The third kappa shape index (κ3) is 5.45. The number of hydrogen-bond donors (Lipinski definition) is 0. The summed E-state index contributed by atoms with van der Waals surface area (Å²) >= 11 is 0. The summed E-state index contributed by atoms with van der Waals surface area (Å²) in [6.45, 7) is 2.13. The largest absolute Gasteiger partial charge is 0.309 e. The van der Waals surface area contributed by atoms with E-state index in [-0.39, 0.29) is 0 Å². The third-order valence-corrected chi connectivity index (χ3v) is 11.3. The van der Waals surface area contributed by atoms with Crippen LogP contribution in [0, 0.1) is 6.92 Å². The highest BCUT2D eigenvalue weighted by Crippen LogP contribution is 2.39. The Kier molecular flexibility index (Phi) is 7.68. The Bertz CT molecular complexity index is 3270. The van der Waals surface area contributed by atoms with Crippen LogP contribution in [0.25, 0.3) is 100 Å². The van der Waals surface area contributed by atoms with Crippen molar-refractivity contribution in [2.75, 3.05) is 0 Å². The van der Waals surface area contributed by atoms with Gasteiger partial charge in [-0.25, -0.2) is 9.97 Å². The lowest BCUT2D eigenvalue weighted by molar-refractivity contribution is 1.14. The second kappa shape index (κ2) is 13.3. The maximum atomic E-state index is 5.16. The van der Waals surface area contributed by atoms with Gasteiger partial charge >= 0.3 is 0 Å². The maximum absolute atomic E-state index is 5.16. The van der Waals surface area contributed by atoms with E-state index in [1.54, 1.807) is 0 Å². The summed E-state index contributed by atoms with van der Waals surface area (Å²) in [6, 6.07) is 71.4. The molecular weight excluding hydrogens is 693 g/mol. The molecule has 0 fully saturated rings. The Morgan fingerprint density at radius 2 is 0.702 bits per heavy atom. The summed E-state index contributed by atoms with van der Waals surface area (Å²) in [4.78, 5) is 10.2. The van der Waals surface area contributed by atoms with Gasteiger partial charge in [0.2, 0.25) is 0 Å². The average Bonchev–Trinajstić information content (AvgIpc) is 3.80. The molecule has 3 heterocycles. The summed E-state index contributed by atoms with van der Waals surface area (Å²) in [7, 11) is 0. The van der Waals surface area contributed by atoms with Gasteiger partial charge in [0.1, 0.15) is 0 Å². The maximum Gasteiger partial charge on any atom is 0.160 e. The molecule has 0 aliphatic heterocycles. The van der Waals surface area contributed by atoms with Crippen molar-refractivity contribution in [2.24, 2.45) is 0 Å². The van der Waals surface area contributed by atoms with Gasteiger partial charge < -0.3 is 9.13 Å². The standard InChI is InChI=1S/C53H36N4/c1-35-51(36-15-5-2-6-16-36)54-53(38-17-7-3-8-18-38)55-52(35)37-25-29-42(30-26-37)57-48-24-14-12-22-44(48)46-34-40(28-32-50(46)57)39-27-31-49-45(33-39)43-21-11-13-23-47(43)56(49)41-19-9-4-10-20-41/h2-34H,1H3. The lowest BCUT2D eigenvalue weighted by Gasteiger charge is -2.14. The van der Waals surface area contributed by atoms with Crippen LogP contribution in [0.2, 0.25) is 0 Å². The van der Waals surface area contributed by atoms with Crippen LogP contribution in [0.15, 0.2) is 200 Å². The van der Waals surface area contributed by atoms with Crippen LogP contribution < -0.4 is 0 Å². The normalized spacial score (nSPS) is 11.6. The number of benzene rings is 8. The number of nitrogens with zero attached hydrogens (tertiary/aromatic N) is 4. The molecule has 4 nitrogen and oxygen atoms in total. The smallest absolute Gasteiger partial charge is 0.160 e. The Morgan fingerprint density at radius 3 is 1.23 bits per heavy atom. The lowest BCUT2D eigenvalue weighted by Crippen LogP contribution is -2.00. The van der Waals surface area contributed by atoms with Crippen LogP contribution in [0.4, 0.5) is 0 Å². The van der Waals surface area contributed by atoms with E-state index in [0.717, 1.165) is 45.2 Å². The molecule has 0 aliphatic rings. The van der Waals surface area contributed by atoms with Crippen molar-refractivity contribution in [3.05, 3.63) is 206 Å². The molecule has 0 unspecified atom stereocenters. The molecule has 0 spiro atoms. The molecule has 0 N–H and O–H groups in total. The molecule has 268 valence electrons. The summed E-state index contributed by atoms with van der Waals surface area (Å²) in [5, 5.41) is 4.96. The van der Waals surface area contributed by atoms with Crippen LogP contribution in [0.5, 0.6) is 0 Å². The predicted octanol–water partition coefficient (Wildman–Crippen LogP) is 13.6.